The lowest BCUT2D eigenvalue weighted by Gasteiger charge is -2.38. The van der Waals surface area contributed by atoms with Gasteiger partial charge in [-0.2, -0.15) is 0 Å². The normalized spacial score (nSPS) is 29.3. The Morgan fingerprint density at radius 2 is 1.68 bits per heavy atom. The van der Waals surface area contributed by atoms with Crippen molar-refractivity contribution in [2.45, 2.75) is 12.3 Å². The first kappa shape index (κ1) is 13.0. The molecule has 19 heavy (non-hydrogen) atoms. The third-order valence-corrected chi connectivity index (χ3v) is 3.69. The number of ether oxygens (including phenoxy) is 2. The largest absolute Gasteiger partial charge is 0.347 e. The minimum Gasteiger partial charge on any atom is -0.347 e. The van der Waals surface area contributed by atoms with Crippen LogP contribution in [0.4, 0.5) is 4.39 Å². The van der Waals surface area contributed by atoms with E-state index in [1.807, 2.05) is 0 Å². The van der Waals surface area contributed by atoms with E-state index in [4.69, 9.17) is 9.47 Å². The molecule has 2 fully saturated rings. The van der Waals surface area contributed by atoms with Gasteiger partial charge >= 0.3 is 0 Å². The van der Waals surface area contributed by atoms with Crippen molar-refractivity contribution in [2.75, 3.05) is 39.4 Å². The first-order chi connectivity index (χ1) is 9.33. The summed E-state index contributed by atoms with van der Waals surface area (Å²) in [6.07, 6.45) is -0.361. The van der Waals surface area contributed by atoms with E-state index < -0.39 is 0 Å². The molecular weight excluding hydrogens is 247 g/mol. The van der Waals surface area contributed by atoms with Crippen LogP contribution in [-0.4, -0.2) is 50.3 Å². The Kier molecular flexibility index (Phi) is 4.08. The molecule has 104 valence electrons. The molecule has 2 aliphatic rings. The second kappa shape index (κ2) is 5.96. The number of hydrogen-bond donors (Lipinski definition) is 1. The maximum atomic E-state index is 12.9. The molecule has 0 saturated carbocycles. The van der Waals surface area contributed by atoms with E-state index in [0.717, 1.165) is 31.7 Å². The Morgan fingerprint density at radius 1 is 1.05 bits per heavy atom. The highest BCUT2D eigenvalue weighted by Crippen LogP contribution is 2.24. The third kappa shape index (κ3) is 3.12. The van der Waals surface area contributed by atoms with Gasteiger partial charge in [-0.15, -0.1) is 0 Å². The van der Waals surface area contributed by atoms with Crippen LogP contribution in [0.3, 0.4) is 0 Å². The topological polar surface area (TPSA) is 33.7 Å². The van der Waals surface area contributed by atoms with Gasteiger partial charge in [0.1, 0.15) is 5.82 Å². The highest BCUT2D eigenvalue weighted by Gasteiger charge is 2.28. The second-order valence-corrected chi connectivity index (χ2v) is 4.99. The smallest absolute Gasteiger partial charge is 0.183 e. The number of hydrogen-bond acceptors (Lipinski definition) is 4. The highest BCUT2D eigenvalue weighted by atomic mass is 19.1. The summed E-state index contributed by atoms with van der Waals surface area (Å²) in [6, 6.07) is 6.63. The molecule has 3 rings (SSSR count). The number of piperazine rings is 1. The van der Waals surface area contributed by atoms with Crippen LogP contribution in [0.2, 0.25) is 0 Å². The summed E-state index contributed by atoms with van der Waals surface area (Å²) in [4.78, 5) is 2.40. The Hall–Kier alpha value is -1.01. The first-order valence-corrected chi connectivity index (χ1v) is 6.76. The van der Waals surface area contributed by atoms with Crippen LogP contribution in [0.15, 0.2) is 24.3 Å². The zero-order valence-corrected chi connectivity index (χ0v) is 10.8. The van der Waals surface area contributed by atoms with Gasteiger partial charge in [0.2, 0.25) is 0 Å². The van der Waals surface area contributed by atoms with Crippen molar-refractivity contribution >= 4 is 0 Å². The molecule has 0 unspecified atom stereocenters. The molecule has 0 amide bonds. The van der Waals surface area contributed by atoms with Gasteiger partial charge in [0.15, 0.2) is 6.29 Å². The van der Waals surface area contributed by atoms with E-state index in [1.54, 1.807) is 12.1 Å². The minimum absolute atomic E-state index is 0.238. The van der Waals surface area contributed by atoms with Crippen molar-refractivity contribution in [3.05, 3.63) is 35.6 Å². The average Bonchev–Trinajstić information content (AvgIpc) is 2.49. The molecule has 1 aromatic carbocycles. The molecule has 0 aromatic heterocycles. The van der Waals surface area contributed by atoms with Gasteiger partial charge in [-0.05, 0) is 12.1 Å². The third-order valence-electron chi connectivity index (χ3n) is 3.69. The molecule has 1 aromatic rings. The Morgan fingerprint density at radius 3 is 2.32 bits per heavy atom. The molecule has 1 N–H and O–H groups in total. The molecule has 0 aliphatic carbocycles. The zero-order valence-electron chi connectivity index (χ0n) is 10.8. The van der Waals surface area contributed by atoms with Gasteiger partial charge in [0.25, 0.3) is 0 Å². The van der Waals surface area contributed by atoms with Crippen LogP contribution in [0.1, 0.15) is 11.9 Å². The lowest BCUT2D eigenvalue weighted by atomic mass is 10.2. The van der Waals surface area contributed by atoms with Gasteiger partial charge in [0, 0.05) is 31.7 Å². The summed E-state index contributed by atoms with van der Waals surface area (Å²) < 4.78 is 24.4. The lowest BCUT2D eigenvalue weighted by Crippen LogP contribution is -2.53. The summed E-state index contributed by atoms with van der Waals surface area (Å²) in [5.74, 6) is -0.238. The number of benzene rings is 1. The SMILES string of the molecule is Fc1ccc(C2OCC(N3CCNCC3)CO2)cc1. The van der Waals surface area contributed by atoms with E-state index in [1.165, 1.54) is 12.1 Å². The molecule has 0 spiro atoms. The summed E-state index contributed by atoms with van der Waals surface area (Å²) in [6.45, 7) is 5.47. The van der Waals surface area contributed by atoms with E-state index in [0.29, 0.717) is 19.3 Å². The highest BCUT2D eigenvalue weighted by molar-refractivity contribution is 5.17. The summed E-state index contributed by atoms with van der Waals surface area (Å²) in [7, 11) is 0. The maximum Gasteiger partial charge on any atom is 0.183 e. The van der Waals surface area contributed by atoms with Gasteiger partial charge in [-0.3, -0.25) is 4.90 Å². The molecule has 0 bridgehead atoms. The molecule has 2 saturated heterocycles. The van der Waals surface area contributed by atoms with Gasteiger partial charge in [-0.1, -0.05) is 12.1 Å². The standard InChI is InChI=1S/C14H19FN2O2/c15-12-3-1-11(2-4-12)14-18-9-13(10-19-14)17-7-5-16-6-8-17/h1-4,13-14,16H,5-10H2. The fourth-order valence-corrected chi connectivity index (χ4v) is 2.56. The van der Waals surface area contributed by atoms with E-state index >= 15 is 0 Å². The molecule has 5 heteroatoms. The van der Waals surface area contributed by atoms with Gasteiger partial charge < -0.3 is 14.8 Å². The predicted molar refractivity (Wildman–Crippen MR) is 69.3 cm³/mol. The van der Waals surface area contributed by atoms with Crippen molar-refractivity contribution in [1.82, 2.24) is 10.2 Å². The number of nitrogens with zero attached hydrogens (tertiary/aromatic N) is 1. The van der Waals surface area contributed by atoms with Crippen LogP contribution in [-0.2, 0) is 9.47 Å². The Balaban J connectivity index is 1.55. The van der Waals surface area contributed by atoms with E-state index in [-0.39, 0.29) is 12.1 Å². The van der Waals surface area contributed by atoms with Gasteiger partial charge in [-0.25, -0.2) is 4.39 Å². The second-order valence-electron chi connectivity index (χ2n) is 4.99. The van der Waals surface area contributed by atoms with Crippen molar-refractivity contribution in [3.63, 3.8) is 0 Å². The Bertz CT molecular complexity index is 398. The average molecular weight is 266 g/mol. The lowest BCUT2D eigenvalue weighted by molar-refractivity contribution is -0.209. The van der Waals surface area contributed by atoms with Crippen molar-refractivity contribution in [2.24, 2.45) is 0 Å². The zero-order chi connectivity index (χ0) is 13.1. The summed E-state index contributed by atoms with van der Waals surface area (Å²) in [5, 5.41) is 3.33. The fourth-order valence-electron chi connectivity index (χ4n) is 2.56. The van der Waals surface area contributed by atoms with Crippen LogP contribution in [0.25, 0.3) is 0 Å². The number of nitrogens with one attached hydrogen (secondary N) is 1. The van der Waals surface area contributed by atoms with Gasteiger partial charge in [0.05, 0.1) is 19.3 Å². The molecule has 0 atom stereocenters. The first-order valence-electron chi connectivity index (χ1n) is 6.76. The van der Waals surface area contributed by atoms with E-state index in [2.05, 4.69) is 10.2 Å². The molecule has 4 nitrogen and oxygen atoms in total. The summed E-state index contributed by atoms with van der Waals surface area (Å²) in [5.41, 5.74) is 0.875. The molecular formula is C14H19FN2O2. The van der Waals surface area contributed by atoms with Crippen LogP contribution < -0.4 is 5.32 Å². The van der Waals surface area contributed by atoms with Crippen LogP contribution in [0.5, 0.6) is 0 Å². The number of halogens is 1. The number of rotatable bonds is 2. The molecule has 0 radical (unpaired) electrons. The fraction of sp³-hybridized carbons (Fsp3) is 0.571. The quantitative estimate of drug-likeness (QED) is 0.870. The van der Waals surface area contributed by atoms with Crippen LogP contribution >= 0.6 is 0 Å². The summed E-state index contributed by atoms with van der Waals surface area (Å²) >= 11 is 0. The maximum absolute atomic E-state index is 12.9. The van der Waals surface area contributed by atoms with Crippen molar-refractivity contribution < 1.29 is 13.9 Å². The monoisotopic (exact) mass is 266 g/mol. The van der Waals surface area contributed by atoms with Crippen molar-refractivity contribution in [1.29, 1.82) is 0 Å². The molecule has 2 heterocycles. The minimum atomic E-state index is -0.361. The Labute approximate surface area is 112 Å². The molecule has 2 aliphatic heterocycles. The van der Waals surface area contributed by atoms with E-state index in [9.17, 15) is 4.39 Å². The predicted octanol–water partition coefficient (Wildman–Crippen LogP) is 1.14. The van der Waals surface area contributed by atoms with Crippen LogP contribution in [0, 0.1) is 5.82 Å². The van der Waals surface area contributed by atoms with Crippen molar-refractivity contribution in [3.8, 4) is 0 Å².